The molecule has 138 valence electrons. The second-order valence-electron chi connectivity index (χ2n) is 7.68. The first-order valence-electron chi connectivity index (χ1n) is 9.09. The zero-order valence-electron chi connectivity index (χ0n) is 15.4. The maximum absolute atomic E-state index is 12.2. The lowest BCUT2D eigenvalue weighted by Crippen LogP contribution is -2.45. The lowest BCUT2D eigenvalue weighted by molar-refractivity contribution is 0.159. The molecule has 4 rings (SSSR count). The number of anilines is 1. The van der Waals surface area contributed by atoms with E-state index in [0.717, 1.165) is 43.9 Å². The number of likely N-dealkylation sites (tertiary alicyclic amines) is 1. The fourth-order valence-corrected chi connectivity index (χ4v) is 5.21. The Labute approximate surface area is 155 Å². The van der Waals surface area contributed by atoms with Crippen LogP contribution in [0.5, 0.6) is 0 Å². The van der Waals surface area contributed by atoms with Gasteiger partial charge in [0.2, 0.25) is 10.0 Å². The van der Waals surface area contributed by atoms with Gasteiger partial charge in [0.15, 0.2) is 0 Å². The molecule has 1 aromatic heterocycles. The van der Waals surface area contributed by atoms with Crippen LogP contribution in [0.4, 0.5) is 5.69 Å². The van der Waals surface area contributed by atoms with Gasteiger partial charge in [-0.2, -0.15) is 0 Å². The molecule has 0 radical (unpaired) electrons. The van der Waals surface area contributed by atoms with Crippen LogP contribution in [0, 0.1) is 6.92 Å². The minimum atomic E-state index is -3.28. The molecule has 1 aromatic carbocycles. The summed E-state index contributed by atoms with van der Waals surface area (Å²) in [6.07, 6.45) is 4.95. The number of sulfonamides is 1. The third-order valence-electron chi connectivity index (χ3n) is 5.74. The minimum Gasteiger partial charge on any atom is -0.299 e. The average molecular weight is 372 g/mol. The van der Waals surface area contributed by atoms with Crippen LogP contribution in [-0.4, -0.2) is 44.2 Å². The number of rotatable bonds is 3. The Kier molecular flexibility index (Phi) is 4.28. The summed E-state index contributed by atoms with van der Waals surface area (Å²) in [5, 5.41) is 0. The predicted molar refractivity (Wildman–Crippen MR) is 104 cm³/mol. The average Bonchev–Trinajstić information content (AvgIpc) is 2.94. The molecule has 1 fully saturated rings. The number of aromatic nitrogens is 1. The highest BCUT2D eigenvalue weighted by Gasteiger charge is 2.48. The van der Waals surface area contributed by atoms with Gasteiger partial charge in [-0.25, -0.2) is 8.42 Å². The first-order valence-corrected chi connectivity index (χ1v) is 10.9. The van der Waals surface area contributed by atoms with E-state index in [1.165, 1.54) is 17.4 Å². The summed E-state index contributed by atoms with van der Waals surface area (Å²) in [5.74, 6) is 0. The molecule has 3 heterocycles. The zero-order valence-corrected chi connectivity index (χ0v) is 16.2. The van der Waals surface area contributed by atoms with Crippen LogP contribution in [0.25, 0.3) is 0 Å². The highest BCUT2D eigenvalue weighted by molar-refractivity contribution is 7.92. The number of aryl methyl sites for hydroxylation is 1. The molecule has 0 unspecified atom stereocenters. The van der Waals surface area contributed by atoms with Crippen molar-refractivity contribution in [2.24, 2.45) is 0 Å². The highest BCUT2D eigenvalue weighted by atomic mass is 32.2. The van der Waals surface area contributed by atoms with Crippen LogP contribution in [0.15, 0.2) is 42.6 Å². The normalized spacial score (nSPS) is 19.7. The van der Waals surface area contributed by atoms with Gasteiger partial charge >= 0.3 is 0 Å². The Hall–Kier alpha value is -1.92. The second-order valence-corrected chi connectivity index (χ2v) is 9.59. The molecular formula is C20H25N3O2S. The minimum absolute atomic E-state index is 0.149. The van der Waals surface area contributed by atoms with E-state index in [0.29, 0.717) is 6.54 Å². The van der Waals surface area contributed by atoms with Crippen LogP contribution in [0.3, 0.4) is 0 Å². The quantitative estimate of drug-likeness (QED) is 0.832. The second kappa shape index (κ2) is 6.35. The topological polar surface area (TPSA) is 53.5 Å². The summed E-state index contributed by atoms with van der Waals surface area (Å²) < 4.78 is 26.0. The fourth-order valence-electron chi connectivity index (χ4n) is 4.22. The van der Waals surface area contributed by atoms with Gasteiger partial charge in [0.05, 0.1) is 17.6 Å². The lowest BCUT2D eigenvalue weighted by Gasteiger charge is -2.39. The van der Waals surface area contributed by atoms with Crippen molar-refractivity contribution in [3.05, 3.63) is 59.4 Å². The summed E-state index contributed by atoms with van der Waals surface area (Å²) in [5.41, 5.74) is 4.18. The van der Waals surface area contributed by atoms with E-state index in [2.05, 4.69) is 41.1 Å². The Morgan fingerprint density at radius 3 is 2.46 bits per heavy atom. The maximum Gasteiger partial charge on any atom is 0.232 e. The van der Waals surface area contributed by atoms with Crippen molar-refractivity contribution < 1.29 is 8.42 Å². The van der Waals surface area contributed by atoms with Crippen LogP contribution in [0.1, 0.15) is 29.7 Å². The SMILES string of the molecule is Cc1ccc(CN2CCC3(CC2)CN(S(C)(=O)=O)c2cccnc23)cc1. The molecule has 0 aliphatic carbocycles. The van der Waals surface area contributed by atoms with Crippen LogP contribution >= 0.6 is 0 Å². The van der Waals surface area contributed by atoms with Crippen molar-refractivity contribution in [3.63, 3.8) is 0 Å². The van der Waals surface area contributed by atoms with Crippen LogP contribution in [0.2, 0.25) is 0 Å². The summed E-state index contributed by atoms with van der Waals surface area (Å²) in [7, 11) is -3.28. The number of benzene rings is 1. The van der Waals surface area contributed by atoms with Gasteiger partial charge in [0, 0.05) is 24.7 Å². The Balaban J connectivity index is 1.52. The summed E-state index contributed by atoms with van der Waals surface area (Å²) in [6.45, 7) is 5.49. The molecule has 0 saturated carbocycles. The van der Waals surface area contributed by atoms with E-state index in [9.17, 15) is 8.42 Å². The van der Waals surface area contributed by atoms with Crippen molar-refractivity contribution in [2.75, 3.05) is 30.2 Å². The smallest absolute Gasteiger partial charge is 0.232 e. The van der Waals surface area contributed by atoms with E-state index in [-0.39, 0.29) is 5.41 Å². The van der Waals surface area contributed by atoms with Gasteiger partial charge < -0.3 is 0 Å². The third kappa shape index (κ3) is 3.12. The molecule has 1 saturated heterocycles. The van der Waals surface area contributed by atoms with Gasteiger partial charge in [-0.1, -0.05) is 29.8 Å². The first-order chi connectivity index (χ1) is 12.4. The van der Waals surface area contributed by atoms with E-state index in [1.807, 2.05) is 12.1 Å². The molecule has 0 amide bonds. The van der Waals surface area contributed by atoms with E-state index >= 15 is 0 Å². The van der Waals surface area contributed by atoms with Crippen LogP contribution < -0.4 is 4.31 Å². The first kappa shape index (κ1) is 17.5. The van der Waals surface area contributed by atoms with E-state index in [4.69, 9.17) is 0 Å². The Morgan fingerprint density at radius 2 is 1.81 bits per heavy atom. The van der Waals surface area contributed by atoms with Gasteiger partial charge in [-0.3, -0.25) is 14.2 Å². The molecule has 2 aromatic rings. The number of pyridine rings is 1. The molecule has 6 heteroatoms. The monoisotopic (exact) mass is 371 g/mol. The molecule has 0 N–H and O–H groups in total. The zero-order chi connectivity index (χ0) is 18.4. The standard InChI is InChI=1S/C20H25N3O2S/c1-16-5-7-17(8-6-16)14-22-12-9-20(10-13-22)15-23(26(2,24)25)18-4-3-11-21-19(18)20/h3-8,11H,9-10,12-15H2,1-2H3. The molecule has 5 nitrogen and oxygen atoms in total. The van der Waals surface area contributed by atoms with Gasteiger partial charge in [-0.15, -0.1) is 0 Å². The molecular weight excluding hydrogens is 346 g/mol. The van der Waals surface area contributed by atoms with E-state index in [1.54, 1.807) is 10.5 Å². The molecule has 2 aliphatic rings. The predicted octanol–water partition coefficient (Wildman–Crippen LogP) is 2.70. The Morgan fingerprint density at radius 1 is 1.12 bits per heavy atom. The number of hydrogen-bond acceptors (Lipinski definition) is 4. The maximum atomic E-state index is 12.2. The summed E-state index contributed by atoms with van der Waals surface area (Å²) in [4.78, 5) is 7.05. The van der Waals surface area contributed by atoms with Gasteiger partial charge in [-0.05, 0) is 50.6 Å². The molecule has 2 aliphatic heterocycles. The highest BCUT2D eigenvalue weighted by Crippen LogP contribution is 2.46. The largest absolute Gasteiger partial charge is 0.299 e. The third-order valence-corrected chi connectivity index (χ3v) is 6.87. The van der Waals surface area contributed by atoms with Crippen molar-refractivity contribution >= 4 is 15.7 Å². The van der Waals surface area contributed by atoms with Crippen molar-refractivity contribution in [3.8, 4) is 0 Å². The number of hydrogen-bond donors (Lipinski definition) is 0. The number of piperidine rings is 1. The number of fused-ring (bicyclic) bond motifs is 2. The summed E-state index contributed by atoms with van der Waals surface area (Å²) in [6, 6.07) is 12.4. The lowest BCUT2D eigenvalue weighted by atomic mass is 9.77. The fraction of sp³-hybridized carbons (Fsp3) is 0.450. The van der Waals surface area contributed by atoms with Gasteiger partial charge in [0.1, 0.15) is 0 Å². The van der Waals surface area contributed by atoms with Crippen molar-refractivity contribution in [1.82, 2.24) is 9.88 Å². The van der Waals surface area contributed by atoms with E-state index < -0.39 is 10.0 Å². The Bertz CT molecular complexity index is 901. The molecule has 0 atom stereocenters. The molecule has 0 bridgehead atoms. The van der Waals surface area contributed by atoms with Crippen molar-refractivity contribution in [2.45, 2.75) is 31.7 Å². The van der Waals surface area contributed by atoms with Gasteiger partial charge in [0.25, 0.3) is 0 Å². The van der Waals surface area contributed by atoms with Crippen molar-refractivity contribution in [1.29, 1.82) is 0 Å². The van der Waals surface area contributed by atoms with Crippen LogP contribution in [-0.2, 0) is 22.0 Å². The summed E-state index contributed by atoms with van der Waals surface area (Å²) >= 11 is 0. The molecule has 26 heavy (non-hydrogen) atoms. The molecule has 1 spiro atoms. The number of nitrogens with zero attached hydrogens (tertiary/aromatic N) is 3.